The molecule has 1 aliphatic rings. The number of hydrogen-bond donors (Lipinski definition) is 1. The molecule has 0 saturated heterocycles. The summed E-state index contributed by atoms with van der Waals surface area (Å²) in [5.74, 6) is -0.654. The number of sulfone groups is 1. The van der Waals surface area contributed by atoms with E-state index in [0.29, 0.717) is 24.0 Å². The second-order valence-electron chi connectivity index (χ2n) is 7.64. The molecule has 1 fully saturated rings. The third kappa shape index (κ3) is 4.19. The van der Waals surface area contributed by atoms with Crippen LogP contribution in [0.15, 0.2) is 47.4 Å². The van der Waals surface area contributed by atoms with E-state index in [1.807, 2.05) is 6.07 Å². The van der Waals surface area contributed by atoms with Gasteiger partial charge < -0.3 is 10.1 Å². The molecule has 0 radical (unpaired) electrons. The van der Waals surface area contributed by atoms with Crippen LogP contribution in [-0.2, 0) is 21.2 Å². The molecular weight excluding hydrogens is 412 g/mol. The summed E-state index contributed by atoms with van der Waals surface area (Å²) in [6.07, 6.45) is 1.71. The van der Waals surface area contributed by atoms with Gasteiger partial charge in [-0.3, -0.25) is 4.79 Å². The zero-order chi connectivity index (χ0) is 21.9. The lowest BCUT2D eigenvalue weighted by Crippen LogP contribution is -2.50. The van der Waals surface area contributed by atoms with Gasteiger partial charge in [-0.15, -0.1) is 0 Å². The van der Waals surface area contributed by atoms with E-state index >= 15 is 0 Å². The normalized spacial score (nSPS) is 15.9. The molecule has 0 aromatic heterocycles. The van der Waals surface area contributed by atoms with Gasteiger partial charge in [0, 0.05) is 12.1 Å². The maximum atomic E-state index is 13.6. The highest BCUT2D eigenvalue weighted by atomic mass is 32.2. The Morgan fingerprint density at radius 2 is 1.80 bits per heavy atom. The maximum Gasteiger partial charge on any atom is 0.387 e. The molecule has 162 valence electrons. The number of ether oxygens (including phenoxy) is 1. The first kappa shape index (κ1) is 22.2. The maximum absolute atomic E-state index is 13.6. The van der Waals surface area contributed by atoms with Gasteiger partial charge in [0.1, 0.15) is 5.75 Å². The van der Waals surface area contributed by atoms with Gasteiger partial charge in [0.15, 0.2) is 14.6 Å². The van der Waals surface area contributed by atoms with Gasteiger partial charge in [-0.25, -0.2) is 8.42 Å². The fraction of sp³-hybridized carbons (Fsp3) is 0.409. The summed E-state index contributed by atoms with van der Waals surface area (Å²) in [6.45, 7) is 0.420. The van der Waals surface area contributed by atoms with Gasteiger partial charge >= 0.3 is 6.61 Å². The molecule has 30 heavy (non-hydrogen) atoms. The van der Waals surface area contributed by atoms with Crippen LogP contribution in [-0.4, -0.2) is 25.7 Å². The first-order valence-corrected chi connectivity index (χ1v) is 11.3. The summed E-state index contributed by atoms with van der Waals surface area (Å²) >= 11 is 0. The van der Waals surface area contributed by atoms with Gasteiger partial charge in [0.05, 0.1) is 4.90 Å². The van der Waals surface area contributed by atoms with Crippen molar-refractivity contribution in [1.82, 2.24) is 5.32 Å². The summed E-state index contributed by atoms with van der Waals surface area (Å²) in [4.78, 5) is 13.4. The van der Waals surface area contributed by atoms with Crippen molar-refractivity contribution >= 4 is 15.7 Å². The Kier molecular flexibility index (Phi) is 6.45. The largest absolute Gasteiger partial charge is 0.434 e. The number of carbonyl (C=O) groups excluding carboxylic acids is 1. The Morgan fingerprint density at radius 3 is 2.47 bits per heavy atom. The molecule has 0 spiro atoms. The number of benzene rings is 2. The molecule has 0 unspecified atom stereocenters. The molecule has 2 aromatic carbocycles. The van der Waals surface area contributed by atoms with Crippen molar-refractivity contribution in [1.29, 1.82) is 0 Å². The highest BCUT2D eigenvalue weighted by molar-refractivity contribution is 7.93. The lowest BCUT2D eigenvalue weighted by molar-refractivity contribution is -0.123. The number of alkyl halides is 2. The summed E-state index contributed by atoms with van der Waals surface area (Å²) in [5, 5.41) is 2.66. The van der Waals surface area contributed by atoms with Crippen LogP contribution in [0.4, 0.5) is 8.78 Å². The molecule has 1 N–H and O–H groups in total. The monoisotopic (exact) mass is 437 g/mol. The predicted molar refractivity (Wildman–Crippen MR) is 109 cm³/mol. The third-order valence-electron chi connectivity index (χ3n) is 5.60. The average molecular weight is 438 g/mol. The molecule has 0 atom stereocenters. The first-order chi connectivity index (χ1) is 14.2. The lowest BCUT2D eigenvalue weighted by atomic mass is 10.1. The van der Waals surface area contributed by atoms with E-state index in [0.717, 1.165) is 5.56 Å². The van der Waals surface area contributed by atoms with Crippen molar-refractivity contribution in [3.63, 3.8) is 0 Å². The van der Waals surface area contributed by atoms with Crippen LogP contribution in [0.1, 0.15) is 42.4 Å². The van der Waals surface area contributed by atoms with Crippen LogP contribution in [0, 0.1) is 13.8 Å². The molecule has 2 aromatic rings. The van der Waals surface area contributed by atoms with Crippen molar-refractivity contribution in [3.05, 3.63) is 59.2 Å². The number of carbonyl (C=O) groups is 1. The minimum atomic E-state index is -3.95. The smallest absolute Gasteiger partial charge is 0.387 e. The highest BCUT2D eigenvalue weighted by Gasteiger charge is 2.53. The molecule has 0 aliphatic heterocycles. The number of hydrogen-bond acceptors (Lipinski definition) is 4. The van der Waals surface area contributed by atoms with E-state index in [2.05, 4.69) is 10.1 Å². The average Bonchev–Trinajstić information content (AvgIpc) is 3.20. The molecule has 0 heterocycles. The van der Waals surface area contributed by atoms with Crippen LogP contribution >= 0.6 is 0 Å². The Bertz CT molecular complexity index is 1030. The SMILES string of the molecule is Cc1ccc(C)c(S(=O)(=O)C2(C(=O)NCc3ccccc3OC(F)F)CCCC2)c1. The number of amides is 1. The molecule has 8 heteroatoms. The zero-order valence-corrected chi connectivity index (χ0v) is 17.8. The Labute approximate surface area is 175 Å². The van der Waals surface area contributed by atoms with Crippen LogP contribution in [0.2, 0.25) is 0 Å². The van der Waals surface area contributed by atoms with Crippen LogP contribution in [0.25, 0.3) is 0 Å². The molecule has 1 saturated carbocycles. The minimum Gasteiger partial charge on any atom is -0.434 e. The molecule has 1 aliphatic carbocycles. The van der Waals surface area contributed by atoms with Crippen LogP contribution in [0.3, 0.4) is 0 Å². The summed E-state index contributed by atoms with van der Waals surface area (Å²) in [6, 6.07) is 11.3. The fourth-order valence-electron chi connectivity index (χ4n) is 3.97. The van der Waals surface area contributed by atoms with Crippen molar-refractivity contribution < 1.29 is 26.7 Å². The molecule has 5 nitrogen and oxygen atoms in total. The van der Waals surface area contributed by atoms with Crippen molar-refractivity contribution in [2.45, 2.75) is 62.3 Å². The number of aryl methyl sites for hydroxylation is 2. The van der Waals surface area contributed by atoms with Gasteiger partial charge in [-0.1, -0.05) is 43.2 Å². The number of rotatable bonds is 7. The minimum absolute atomic E-state index is 0.0503. The Morgan fingerprint density at radius 1 is 1.13 bits per heavy atom. The quantitative estimate of drug-likeness (QED) is 0.701. The topological polar surface area (TPSA) is 72.5 Å². The standard InChI is InChI=1S/C22H25F2NO4S/c1-15-9-10-16(2)19(13-15)30(27,28)22(11-5-6-12-22)20(26)25-14-17-7-3-4-8-18(17)29-21(23)24/h3-4,7-10,13,21H,5-6,11-12,14H2,1-2H3,(H,25,26). The zero-order valence-electron chi connectivity index (χ0n) is 17.0. The van der Waals surface area contributed by atoms with E-state index in [-0.39, 0.29) is 30.0 Å². The molecule has 3 rings (SSSR count). The predicted octanol–water partition coefficient (Wildman–Crippen LogP) is 4.31. The van der Waals surface area contributed by atoms with Gasteiger partial charge in [-0.2, -0.15) is 8.78 Å². The van der Waals surface area contributed by atoms with E-state index in [9.17, 15) is 22.0 Å². The van der Waals surface area contributed by atoms with Crippen molar-refractivity contribution in [2.24, 2.45) is 0 Å². The molecule has 0 bridgehead atoms. The second kappa shape index (κ2) is 8.71. The van der Waals surface area contributed by atoms with Crippen molar-refractivity contribution in [3.8, 4) is 5.75 Å². The molecular formula is C22H25F2NO4S. The van der Waals surface area contributed by atoms with E-state index in [1.165, 1.54) is 6.07 Å². The number of nitrogens with one attached hydrogen (secondary N) is 1. The summed E-state index contributed by atoms with van der Waals surface area (Å²) < 4.78 is 55.4. The van der Waals surface area contributed by atoms with E-state index < -0.39 is 27.1 Å². The number of halogens is 2. The fourth-order valence-corrected chi connectivity index (χ4v) is 6.36. The van der Waals surface area contributed by atoms with E-state index in [1.54, 1.807) is 44.2 Å². The third-order valence-corrected chi connectivity index (χ3v) is 8.24. The Balaban J connectivity index is 1.90. The second-order valence-corrected chi connectivity index (χ2v) is 9.87. The lowest BCUT2D eigenvalue weighted by Gasteiger charge is -2.28. The van der Waals surface area contributed by atoms with E-state index in [4.69, 9.17) is 0 Å². The van der Waals surface area contributed by atoms with Crippen LogP contribution in [0.5, 0.6) is 5.75 Å². The van der Waals surface area contributed by atoms with Gasteiger partial charge in [0.2, 0.25) is 5.91 Å². The first-order valence-electron chi connectivity index (χ1n) is 9.80. The summed E-state index contributed by atoms with van der Waals surface area (Å²) in [5.41, 5.74) is 1.74. The van der Waals surface area contributed by atoms with Crippen LogP contribution < -0.4 is 10.1 Å². The summed E-state index contributed by atoms with van der Waals surface area (Å²) in [7, 11) is -3.95. The Hall–Kier alpha value is -2.48. The van der Waals surface area contributed by atoms with Gasteiger partial charge in [0.25, 0.3) is 0 Å². The van der Waals surface area contributed by atoms with Gasteiger partial charge in [-0.05, 0) is 49.9 Å². The number of para-hydroxylation sites is 1. The van der Waals surface area contributed by atoms with Crippen molar-refractivity contribution in [2.75, 3.05) is 0 Å². The highest BCUT2D eigenvalue weighted by Crippen LogP contribution is 2.42. The molecule has 1 amide bonds.